The maximum atomic E-state index is 9.53. The van der Waals surface area contributed by atoms with E-state index >= 15 is 0 Å². The molecular formula is C3H10O6P2+2. The highest BCUT2D eigenvalue weighted by atomic mass is 31.1. The zero-order chi connectivity index (χ0) is 9.28. The van der Waals surface area contributed by atoms with Crippen LogP contribution in [-0.4, -0.2) is 23.5 Å². The minimum absolute atomic E-state index is 0.297. The molecule has 0 aromatic heterocycles. The Balaban J connectivity index is 0. The van der Waals surface area contributed by atoms with Gasteiger partial charge < -0.3 is 0 Å². The summed E-state index contributed by atoms with van der Waals surface area (Å²) in [6.45, 7) is 1.95. The first kappa shape index (κ1) is 13.6. The molecule has 0 fully saturated rings. The van der Waals surface area contributed by atoms with Crippen LogP contribution in [0.5, 0.6) is 0 Å². The number of rotatable bonds is 3. The maximum absolute atomic E-state index is 9.53. The van der Waals surface area contributed by atoms with Crippen LogP contribution in [0.3, 0.4) is 0 Å². The van der Waals surface area contributed by atoms with Crippen LogP contribution in [0.15, 0.2) is 0 Å². The second-order valence-corrected chi connectivity index (χ2v) is 2.65. The summed E-state index contributed by atoms with van der Waals surface area (Å²) in [5.74, 6) is 0. The summed E-state index contributed by atoms with van der Waals surface area (Å²) < 4.78 is 26.7. The summed E-state index contributed by atoms with van der Waals surface area (Å²) in [6, 6.07) is 0. The van der Waals surface area contributed by atoms with Crippen LogP contribution in [0.25, 0.3) is 0 Å². The van der Waals surface area contributed by atoms with Crippen molar-refractivity contribution in [1.29, 1.82) is 0 Å². The predicted molar refractivity (Wildman–Crippen MR) is 38.3 cm³/mol. The summed E-state index contributed by atoms with van der Waals surface area (Å²) in [5, 5.41) is 0. The maximum Gasteiger partial charge on any atom is 0.694 e. The zero-order valence-corrected chi connectivity index (χ0v) is 7.92. The van der Waals surface area contributed by atoms with Gasteiger partial charge in [-0.3, -0.25) is 0 Å². The van der Waals surface area contributed by atoms with Gasteiger partial charge in [0.2, 0.25) is 0 Å². The predicted octanol–water partition coefficient (Wildman–Crippen LogP) is 0.955. The Bertz CT molecular complexity index is 125. The molecule has 0 rings (SSSR count). The average molecular weight is 204 g/mol. The van der Waals surface area contributed by atoms with E-state index in [0.29, 0.717) is 6.61 Å². The van der Waals surface area contributed by atoms with E-state index in [4.69, 9.17) is 9.79 Å². The third-order valence-corrected chi connectivity index (χ3v) is 1.19. The topological polar surface area (TPSA) is 93.1 Å². The summed E-state index contributed by atoms with van der Waals surface area (Å²) in [5.41, 5.74) is 0. The molecule has 0 saturated carbocycles. The van der Waals surface area contributed by atoms with Crippen molar-refractivity contribution in [2.45, 2.75) is 6.92 Å². The van der Waals surface area contributed by atoms with Crippen molar-refractivity contribution >= 4 is 16.5 Å². The quantitative estimate of drug-likeness (QED) is 0.665. The highest BCUT2D eigenvalue weighted by Gasteiger charge is 2.06. The van der Waals surface area contributed by atoms with Crippen molar-refractivity contribution in [1.82, 2.24) is 0 Å². The van der Waals surface area contributed by atoms with Gasteiger partial charge in [-0.05, 0) is 6.92 Å². The molecule has 2 N–H and O–H groups in total. The molecule has 0 aliphatic carbocycles. The molecule has 0 spiro atoms. The average Bonchev–Trinajstić information content (AvgIpc) is 1.89. The Hall–Kier alpha value is 0.0400. The molecule has 0 aliphatic heterocycles. The monoisotopic (exact) mass is 204 g/mol. The second kappa shape index (κ2) is 10.0. The van der Waals surface area contributed by atoms with Crippen LogP contribution in [0.1, 0.15) is 6.92 Å². The van der Waals surface area contributed by atoms with Crippen molar-refractivity contribution in [2.75, 3.05) is 13.7 Å². The van der Waals surface area contributed by atoms with Gasteiger partial charge in [0.15, 0.2) is 0 Å². The fourth-order valence-electron chi connectivity index (χ4n) is 0.110. The summed E-state index contributed by atoms with van der Waals surface area (Å²) in [6.07, 6.45) is 0. The van der Waals surface area contributed by atoms with Crippen LogP contribution < -0.4 is 0 Å². The Kier molecular flexibility index (Phi) is 12.4. The van der Waals surface area contributed by atoms with Gasteiger partial charge in [-0.2, -0.15) is 0 Å². The molecule has 0 saturated heterocycles. The van der Waals surface area contributed by atoms with E-state index in [9.17, 15) is 9.13 Å². The fourth-order valence-corrected chi connectivity index (χ4v) is 0.331. The first-order chi connectivity index (χ1) is 5.04. The summed E-state index contributed by atoms with van der Waals surface area (Å²) >= 11 is 0. The van der Waals surface area contributed by atoms with Gasteiger partial charge in [-0.1, -0.05) is 0 Å². The minimum Gasteiger partial charge on any atom is -0.133 e. The van der Waals surface area contributed by atoms with Crippen LogP contribution >= 0.6 is 16.5 Å². The molecule has 0 amide bonds. The van der Waals surface area contributed by atoms with Gasteiger partial charge in [0.1, 0.15) is 6.61 Å². The second-order valence-electron chi connectivity index (χ2n) is 1.08. The Labute approximate surface area is 66.0 Å². The standard InChI is InChI=1S/C2H5O3P.CH3O3P/c1-2-5-6(3)4;1-4-5(2)3/h2H2,1H3;1H3/p+2. The lowest BCUT2D eigenvalue weighted by Gasteiger charge is -1.68. The van der Waals surface area contributed by atoms with Gasteiger partial charge in [0, 0.05) is 9.13 Å². The third-order valence-electron chi connectivity index (χ3n) is 0.396. The van der Waals surface area contributed by atoms with Crippen molar-refractivity contribution in [3.8, 4) is 0 Å². The Morgan fingerprint density at radius 3 is 1.64 bits per heavy atom. The SMILES string of the molecule is CCO[P+](=O)O.CO[P+](=O)O. The van der Waals surface area contributed by atoms with Gasteiger partial charge >= 0.3 is 16.5 Å². The van der Waals surface area contributed by atoms with Crippen molar-refractivity contribution in [2.24, 2.45) is 0 Å². The molecule has 6 nitrogen and oxygen atoms in total. The van der Waals surface area contributed by atoms with Crippen molar-refractivity contribution in [3.05, 3.63) is 0 Å². The molecule has 0 bridgehead atoms. The molecule has 0 aliphatic rings. The minimum atomic E-state index is -2.35. The van der Waals surface area contributed by atoms with Crippen LogP contribution in [0.4, 0.5) is 0 Å². The molecular weight excluding hydrogens is 194 g/mol. The molecule has 0 aromatic carbocycles. The molecule has 11 heavy (non-hydrogen) atoms. The lowest BCUT2D eigenvalue weighted by molar-refractivity contribution is 0.297. The van der Waals surface area contributed by atoms with Crippen molar-refractivity contribution < 1.29 is 28.0 Å². The van der Waals surface area contributed by atoms with Crippen LogP contribution in [0, 0.1) is 0 Å². The largest absolute Gasteiger partial charge is 0.694 e. The molecule has 66 valence electrons. The van der Waals surface area contributed by atoms with Gasteiger partial charge in [-0.15, -0.1) is 18.8 Å². The van der Waals surface area contributed by atoms with Crippen LogP contribution in [0.2, 0.25) is 0 Å². The first-order valence-corrected chi connectivity index (χ1v) is 4.79. The molecule has 2 atom stereocenters. The fraction of sp³-hybridized carbons (Fsp3) is 1.00. The van der Waals surface area contributed by atoms with E-state index < -0.39 is 16.5 Å². The molecule has 0 heterocycles. The van der Waals surface area contributed by atoms with E-state index in [1.54, 1.807) is 6.92 Å². The molecule has 0 aromatic rings. The highest BCUT2D eigenvalue weighted by molar-refractivity contribution is 7.32. The molecule has 2 unspecified atom stereocenters. The van der Waals surface area contributed by atoms with E-state index in [2.05, 4.69) is 9.05 Å². The lowest BCUT2D eigenvalue weighted by atomic mass is 10.9. The van der Waals surface area contributed by atoms with Gasteiger partial charge in [0.05, 0.1) is 7.11 Å². The van der Waals surface area contributed by atoms with Crippen molar-refractivity contribution in [3.63, 3.8) is 0 Å². The Morgan fingerprint density at radius 2 is 1.64 bits per heavy atom. The summed E-state index contributed by atoms with van der Waals surface area (Å²) in [7, 11) is -3.53. The van der Waals surface area contributed by atoms with E-state index in [0.717, 1.165) is 0 Å². The van der Waals surface area contributed by atoms with E-state index in [1.165, 1.54) is 7.11 Å². The summed E-state index contributed by atoms with van der Waals surface area (Å²) in [4.78, 5) is 15.5. The van der Waals surface area contributed by atoms with E-state index in [-0.39, 0.29) is 0 Å². The molecule has 0 radical (unpaired) electrons. The van der Waals surface area contributed by atoms with Gasteiger partial charge in [0.25, 0.3) is 0 Å². The Morgan fingerprint density at radius 1 is 1.27 bits per heavy atom. The number of hydrogen-bond acceptors (Lipinski definition) is 4. The van der Waals surface area contributed by atoms with E-state index in [1.807, 2.05) is 0 Å². The van der Waals surface area contributed by atoms with Gasteiger partial charge in [-0.25, -0.2) is 0 Å². The molecule has 8 heteroatoms. The van der Waals surface area contributed by atoms with Crippen LogP contribution in [-0.2, 0) is 18.2 Å². The highest BCUT2D eigenvalue weighted by Crippen LogP contribution is 2.12. The number of hydrogen-bond donors (Lipinski definition) is 2. The normalized spacial score (nSPS) is 11.3. The first-order valence-electron chi connectivity index (χ1n) is 2.53. The zero-order valence-electron chi connectivity index (χ0n) is 6.13. The lowest BCUT2D eigenvalue weighted by Crippen LogP contribution is -1.72. The third kappa shape index (κ3) is 25.5. The smallest absolute Gasteiger partial charge is 0.133 e.